The third-order valence-electron chi connectivity index (χ3n) is 3.84. The summed E-state index contributed by atoms with van der Waals surface area (Å²) in [4.78, 5) is 5.30. The maximum absolute atomic E-state index is 13.0. The number of hydrogen-bond acceptors (Lipinski definition) is 4. The van der Waals surface area contributed by atoms with E-state index in [1.807, 2.05) is 24.3 Å². The van der Waals surface area contributed by atoms with Crippen LogP contribution in [-0.4, -0.2) is 12.1 Å². The number of hydrogen-bond donors (Lipinski definition) is 1. The SMILES string of the molecule is COc1ccccc1-c1cnc(CNCc2ccccc2C(F)(F)F)s1. The highest BCUT2D eigenvalue weighted by Crippen LogP contribution is 2.34. The summed E-state index contributed by atoms with van der Waals surface area (Å²) >= 11 is 1.48. The summed E-state index contributed by atoms with van der Waals surface area (Å²) in [5, 5.41) is 3.84. The summed E-state index contributed by atoms with van der Waals surface area (Å²) in [6.45, 7) is 0.519. The Labute approximate surface area is 153 Å². The van der Waals surface area contributed by atoms with Crippen molar-refractivity contribution in [3.63, 3.8) is 0 Å². The standard InChI is InChI=1S/C19H17F3N2OS/c1-25-16-9-5-3-7-14(16)17-11-24-18(26-17)12-23-10-13-6-2-4-8-15(13)19(20,21)22/h2-9,11,23H,10,12H2,1H3. The highest BCUT2D eigenvalue weighted by atomic mass is 32.1. The summed E-state index contributed by atoms with van der Waals surface area (Å²) < 4.78 is 44.4. The molecule has 0 aliphatic heterocycles. The first-order chi connectivity index (χ1) is 12.5. The van der Waals surface area contributed by atoms with E-state index in [2.05, 4.69) is 10.3 Å². The van der Waals surface area contributed by atoms with Crippen LogP contribution in [0.1, 0.15) is 16.1 Å². The monoisotopic (exact) mass is 378 g/mol. The van der Waals surface area contributed by atoms with Gasteiger partial charge in [-0.1, -0.05) is 30.3 Å². The van der Waals surface area contributed by atoms with Crippen molar-refractivity contribution in [2.24, 2.45) is 0 Å². The molecule has 0 aliphatic carbocycles. The minimum Gasteiger partial charge on any atom is -0.496 e. The van der Waals surface area contributed by atoms with Crippen molar-refractivity contribution in [2.75, 3.05) is 7.11 Å². The molecule has 0 bridgehead atoms. The van der Waals surface area contributed by atoms with Crippen LogP contribution in [0.25, 0.3) is 10.4 Å². The van der Waals surface area contributed by atoms with Crippen LogP contribution < -0.4 is 10.1 Å². The second kappa shape index (κ2) is 7.88. The lowest BCUT2D eigenvalue weighted by Gasteiger charge is -2.12. The summed E-state index contributed by atoms with van der Waals surface area (Å²) in [6, 6.07) is 13.2. The zero-order valence-electron chi connectivity index (χ0n) is 14.0. The molecule has 136 valence electrons. The van der Waals surface area contributed by atoms with Gasteiger partial charge in [0.1, 0.15) is 10.8 Å². The predicted octanol–water partition coefficient (Wildman–Crippen LogP) is 5.13. The Morgan fingerprint density at radius 2 is 1.77 bits per heavy atom. The van der Waals surface area contributed by atoms with E-state index in [1.54, 1.807) is 19.4 Å². The molecule has 1 aromatic heterocycles. The van der Waals surface area contributed by atoms with E-state index in [-0.39, 0.29) is 12.1 Å². The largest absolute Gasteiger partial charge is 0.496 e. The van der Waals surface area contributed by atoms with Crippen molar-refractivity contribution in [3.05, 3.63) is 70.9 Å². The van der Waals surface area contributed by atoms with E-state index in [1.165, 1.54) is 23.5 Å². The molecule has 0 saturated carbocycles. The summed E-state index contributed by atoms with van der Waals surface area (Å²) in [6.07, 6.45) is -2.60. The van der Waals surface area contributed by atoms with Gasteiger partial charge in [-0.3, -0.25) is 0 Å². The van der Waals surface area contributed by atoms with Crippen LogP contribution in [0.3, 0.4) is 0 Å². The molecule has 3 rings (SSSR count). The predicted molar refractivity (Wildman–Crippen MR) is 96.1 cm³/mol. The van der Waals surface area contributed by atoms with Gasteiger partial charge in [-0.25, -0.2) is 4.98 Å². The Balaban J connectivity index is 1.67. The van der Waals surface area contributed by atoms with Gasteiger partial charge in [0, 0.05) is 24.8 Å². The Morgan fingerprint density at radius 1 is 1.04 bits per heavy atom. The zero-order chi connectivity index (χ0) is 18.6. The highest BCUT2D eigenvalue weighted by molar-refractivity contribution is 7.15. The quantitative estimate of drug-likeness (QED) is 0.646. The van der Waals surface area contributed by atoms with E-state index in [0.717, 1.165) is 27.3 Å². The molecule has 0 unspecified atom stereocenters. The van der Waals surface area contributed by atoms with Gasteiger partial charge in [0.05, 0.1) is 17.6 Å². The first-order valence-corrected chi connectivity index (χ1v) is 8.74. The molecule has 3 nitrogen and oxygen atoms in total. The van der Waals surface area contributed by atoms with Crippen LogP contribution in [0.2, 0.25) is 0 Å². The molecular formula is C19H17F3N2OS. The van der Waals surface area contributed by atoms with E-state index in [0.29, 0.717) is 6.54 Å². The molecular weight excluding hydrogens is 361 g/mol. The Morgan fingerprint density at radius 3 is 2.54 bits per heavy atom. The van der Waals surface area contributed by atoms with Crippen LogP contribution in [-0.2, 0) is 19.3 Å². The minimum atomic E-state index is -4.35. The van der Waals surface area contributed by atoms with Crippen molar-refractivity contribution in [2.45, 2.75) is 19.3 Å². The molecule has 2 aromatic carbocycles. The van der Waals surface area contributed by atoms with Gasteiger partial charge in [-0.05, 0) is 23.8 Å². The molecule has 3 aromatic rings. The molecule has 0 fully saturated rings. The number of thiazole rings is 1. The molecule has 0 radical (unpaired) electrons. The number of methoxy groups -OCH3 is 1. The summed E-state index contributed by atoms with van der Waals surface area (Å²) in [5.41, 5.74) is 0.559. The molecule has 1 heterocycles. The number of nitrogens with zero attached hydrogens (tertiary/aromatic N) is 1. The maximum Gasteiger partial charge on any atom is 0.416 e. The summed E-state index contributed by atoms with van der Waals surface area (Å²) in [5.74, 6) is 0.759. The smallest absolute Gasteiger partial charge is 0.416 e. The Hall–Kier alpha value is -2.38. The second-order valence-electron chi connectivity index (χ2n) is 5.58. The third-order valence-corrected chi connectivity index (χ3v) is 4.87. The number of alkyl halides is 3. The van der Waals surface area contributed by atoms with Crippen LogP contribution in [0, 0.1) is 0 Å². The average Bonchev–Trinajstić information content (AvgIpc) is 3.10. The molecule has 0 saturated heterocycles. The molecule has 0 aliphatic rings. The topological polar surface area (TPSA) is 34.1 Å². The fourth-order valence-electron chi connectivity index (χ4n) is 2.62. The normalized spacial score (nSPS) is 11.5. The van der Waals surface area contributed by atoms with Gasteiger partial charge < -0.3 is 10.1 Å². The van der Waals surface area contributed by atoms with Gasteiger partial charge in [0.15, 0.2) is 0 Å². The fraction of sp³-hybridized carbons (Fsp3) is 0.211. The number of benzene rings is 2. The van der Waals surface area contributed by atoms with Crippen LogP contribution in [0.15, 0.2) is 54.7 Å². The highest BCUT2D eigenvalue weighted by Gasteiger charge is 2.32. The van der Waals surface area contributed by atoms with Crippen molar-refractivity contribution in [3.8, 4) is 16.2 Å². The fourth-order valence-corrected chi connectivity index (χ4v) is 3.54. The molecule has 1 N–H and O–H groups in total. The van der Waals surface area contributed by atoms with Crippen LogP contribution >= 0.6 is 11.3 Å². The van der Waals surface area contributed by atoms with Gasteiger partial charge in [0.25, 0.3) is 0 Å². The van der Waals surface area contributed by atoms with Crippen LogP contribution in [0.5, 0.6) is 5.75 Å². The summed E-state index contributed by atoms with van der Waals surface area (Å²) in [7, 11) is 1.61. The van der Waals surface area contributed by atoms with E-state index < -0.39 is 11.7 Å². The lowest BCUT2D eigenvalue weighted by atomic mass is 10.1. The number of para-hydroxylation sites is 1. The zero-order valence-corrected chi connectivity index (χ0v) is 14.8. The van der Waals surface area contributed by atoms with Crippen LogP contribution in [0.4, 0.5) is 13.2 Å². The number of aromatic nitrogens is 1. The van der Waals surface area contributed by atoms with Crippen molar-refractivity contribution < 1.29 is 17.9 Å². The third kappa shape index (κ3) is 4.23. The number of nitrogens with one attached hydrogen (secondary N) is 1. The maximum atomic E-state index is 13.0. The average molecular weight is 378 g/mol. The molecule has 0 spiro atoms. The van der Waals surface area contributed by atoms with E-state index >= 15 is 0 Å². The first kappa shape index (κ1) is 18.4. The van der Waals surface area contributed by atoms with E-state index in [4.69, 9.17) is 4.74 Å². The van der Waals surface area contributed by atoms with Gasteiger partial charge in [0.2, 0.25) is 0 Å². The molecule has 7 heteroatoms. The molecule has 0 amide bonds. The molecule has 26 heavy (non-hydrogen) atoms. The van der Waals surface area contributed by atoms with Gasteiger partial charge in [-0.2, -0.15) is 13.2 Å². The minimum absolute atomic E-state index is 0.124. The Bertz CT molecular complexity index is 877. The van der Waals surface area contributed by atoms with Crippen molar-refractivity contribution in [1.82, 2.24) is 10.3 Å². The molecule has 0 atom stereocenters. The lowest BCUT2D eigenvalue weighted by molar-refractivity contribution is -0.138. The first-order valence-electron chi connectivity index (χ1n) is 7.93. The van der Waals surface area contributed by atoms with Crippen molar-refractivity contribution in [1.29, 1.82) is 0 Å². The number of ether oxygens (including phenoxy) is 1. The number of rotatable bonds is 6. The Kier molecular flexibility index (Phi) is 5.58. The second-order valence-corrected chi connectivity index (χ2v) is 6.69. The number of halogens is 3. The van der Waals surface area contributed by atoms with Gasteiger partial charge >= 0.3 is 6.18 Å². The van der Waals surface area contributed by atoms with E-state index in [9.17, 15) is 13.2 Å². The van der Waals surface area contributed by atoms with Gasteiger partial charge in [-0.15, -0.1) is 11.3 Å². The van der Waals surface area contributed by atoms with Crippen molar-refractivity contribution >= 4 is 11.3 Å². The lowest BCUT2D eigenvalue weighted by Crippen LogP contribution is -2.17.